The Bertz CT molecular complexity index is 2560. The summed E-state index contributed by atoms with van der Waals surface area (Å²) in [5.41, 5.74) is 8.71. The van der Waals surface area contributed by atoms with Gasteiger partial charge in [-0.05, 0) is 87.6 Å². The number of nitrogens with zero attached hydrogens (tertiary/aromatic N) is 7. The number of hydrogen-bond acceptors (Lipinski definition) is 12. The van der Waals surface area contributed by atoms with Crippen LogP contribution in [0.5, 0.6) is 0 Å². The largest absolute Gasteiger partial charge is 0.464 e. The Balaban J connectivity index is 1.24. The number of amides is 4. The minimum atomic E-state index is -1.42. The number of hydrogen-bond donors (Lipinski definition) is 1. The molecule has 69 heavy (non-hydrogen) atoms. The molecule has 3 radical (unpaired) electrons. The second-order valence-electron chi connectivity index (χ2n) is 20.7. The Morgan fingerprint density at radius 2 is 1.84 bits per heavy atom. The molecule has 8 rings (SSSR count). The first-order valence-corrected chi connectivity index (χ1v) is 25.7. The van der Waals surface area contributed by atoms with Crippen molar-refractivity contribution in [1.29, 1.82) is 0 Å². The van der Waals surface area contributed by atoms with Gasteiger partial charge in [0.05, 0.1) is 64.9 Å². The number of esters is 1. The van der Waals surface area contributed by atoms with Crippen LogP contribution in [0.25, 0.3) is 33.4 Å². The summed E-state index contributed by atoms with van der Waals surface area (Å²) in [4.78, 5) is 74.4. The molecule has 2 saturated heterocycles. The van der Waals surface area contributed by atoms with Crippen molar-refractivity contribution in [2.45, 2.75) is 116 Å². The minimum Gasteiger partial charge on any atom is -0.464 e. The summed E-state index contributed by atoms with van der Waals surface area (Å²) in [5.74, 6) is -1.34. The number of methoxy groups -OCH3 is 2. The fourth-order valence-electron chi connectivity index (χ4n) is 10.3. The number of aromatic nitrogens is 3. The number of benzene rings is 1. The Hall–Kier alpha value is -4.72. The molecule has 6 bridgehead atoms. The predicted molar refractivity (Wildman–Crippen MR) is 265 cm³/mol. The zero-order valence-corrected chi connectivity index (χ0v) is 43.7. The molecule has 3 aromatic heterocycles. The van der Waals surface area contributed by atoms with Crippen LogP contribution in [0, 0.1) is 17.3 Å². The number of carbonyl (C=O) groups excluding carboxylic acids is 4. The second kappa shape index (κ2) is 20.2. The molecule has 1 aromatic carbocycles. The first-order valence-electron chi connectivity index (χ1n) is 24.3. The van der Waals surface area contributed by atoms with E-state index in [4.69, 9.17) is 28.9 Å². The predicted octanol–water partition coefficient (Wildman–Crippen LogP) is 6.24. The lowest BCUT2D eigenvalue weighted by Gasteiger charge is -2.49. The summed E-state index contributed by atoms with van der Waals surface area (Å²) in [7, 11) is 10.5. The molecule has 1 N–H and O–H groups in total. The maximum absolute atomic E-state index is 15.5. The van der Waals surface area contributed by atoms with Gasteiger partial charge in [-0.2, -0.15) is 0 Å². The van der Waals surface area contributed by atoms with Gasteiger partial charge in [-0.15, -0.1) is 11.3 Å². The van der Waals surface area contributed by atoms with Crippen LogP contribution in [0.15, 0.2) is 41.9 Å². The topological polar surface area (TPSA) is 161 Å². The number of carbonyl (C=O) groups is 4. The molecule has 371 valence electrons. The van der Waals surface area contributed by atoms with Crippen molar-refractivity contribution in [3.63, 3.8) is 0 Å². The van der Waals surface area contributed by atoms with Crippen LogP contribution in [0.2, 0.25) is 0 Å². The lowest BCUT2D eigenvalue weighted by molar-refractivity contribution is -0.161. The number of aryl methyl sites for hydroxylation is 1. The fraction of sp³-hybridized carbons (Fsp3) is 0.608. The number of thiazole rings is 1. The SMILES string of the molecule is CCn1c(-c2cccnc2[C@H](C)OC)c2c3cc(ccc31)-c1csc(n1)C[C@H](N(CC1CC1)C(=O)[C@H](C(C)C)N(C)C(=O)N(C)C1(COC)COC1)C(=O)N1CCC[C@@]([Si])(N1)C(=O)OCC(C)(C)C2. The smallest absolute Gasteiger partial charge is 0.323 e. The average Bonchev–Trinajstić information content (AvgIpc) is 3.94. The van der Waals surface area contributed by atoms with Crippen LogP contribution in [0.1, 0.15) is 89.6 Å². The quantitative estimate of drug-likeness (QED) is 0.119. The number of nitrogens with one attached hydrogen (secondary N) is 1. The van der Waals surface area contributed by atoms with Gasteiger partial charge in [0.1, 0.15) is 22.8 Å². The number of rotatable bonds is 13. The van der Waals surface area contributed by atoms with Crippen molar-refractivity contribution in [3.05, 3.63) is 58.2 Å². The minimum absolute atomic E-state index is 0.0966. The van der Waals surface area contributed by atoms with Gasteiger partial charge in [-0.1, -0.05) is 33.8 Å². The van der Waals surface area contributed by atoms with Crippen LogP contribution in [-0.2, 0) is 52.7 Å². The van der Waals surface area contributed by atoms with Crippen molar-refractivity contribution in [2.75, 3.05) is 67.8 Å². The number of likely N-dealkylation sites (N-methyl/N-ethyl adjacent to an activating group) is 2. The van der Waals surface area contributed by atoms with E-state index in [1.807, 2.05) is 32.2 Å². The van der Waals surface area contributed by atoms with E-state index in [1.54, 1.807) is 44.3 Å². The van der Waals surface area contributed by atoms with E-state index in [2.05, 4.69) is 65.3 Å². The summed E-state index contributed by atoms with van der Waals surface area (Å²) < 4.78 is 25.5. The molecule has 4 atom stereocenters. The maximum atomic E-state index is 15.5. The van der Waals surface area contributed by atoms with Gasteiger partial charge in [0.2, 0.25) is 5.91 Å². The summed E-state index contributed by atoms with van der Waals surface area (Å²) in [5, 5.41) is 3.81. The normalized spacial score (nSPS) is 22.4. The molecule has 0 spiro atoms. The van der Waals surface area contributed by atoms with Gasteiger partial charge < -0.3 is 38.2 Å². The molecule has 1 aliphatic carbocycles. The molecule has 3 fully saturated rings. The van der Waals surface area contributed by atoms with E-state index < -0.39 is 34.2 Å². The molecular formula is C51H69N8O8SSi. The van der Waals surface area contributed by atoms with E-state index in [0.717, 1.165) is 57.5 Å². The number of cyclic esters (lactones) is 1. The summed E-state index contributed by atoms with van der Waals surface area (Å²) in [6.45, 7) is 14.5. The number of ether oxygens (including phenoxy) is 4. The maximum Gasteiger partial charge on any atom is 0.323 e. The number of hydrazine groups is 1. The lowest BCUT2D eigenvalue weighted by Crippen LogP contribution is -2.69. The van der Waals surface area contributed by atoms with Crippen molar-refractivity contribution in [3.8, 4) is 22.5 Å². The number of pyridine rings is 1. The summed E-state index contributed by atoms with van der Waals surface area (Å²) in [6, 6.07) is 8.23. The van der Waals surface area contributed by atoms with E-state index in [9.17, 15) is 9.59 Å². The van der Waals surface area contributed by atoms with Crippen molar-refractivity contribution < 1.29 is 38.1 Å². The Morgan fingerprint density at radius 1 is 1.09 bits per heavy atom. The summed E-state index contributed by atoms with van der Waals surface area (Å²) in [6.07, 6.45) is 4.91. The second-order valence-corrected chi connectivity index (χ2v) is 22.5. The van der Waals surface area contributed by atoms with Crippen LogP contribution in [0.3, 0.4) is 0 Å². The molecule has 1 saturated carbocycles. The zero-order valence-electron chi connectivity index (χ0n) is 41.9. The van der Waals surface area contributed by atoms with E-state index in [0.29, 0.717) is 57.1 Å². The molecule has 4 aliphatic rings. The standard InChI is InChI=1S/C51H69N8O8SSi/c1-11-57-39-18-17-34-22-36(39)37(44(57)35-14-12-20-52-42(35)32(4)65-10)24-49(5,6)27-67-47(62)51(69)19-13-21-59(54-51)45(60)40(23-41-53-38(34)26-68-41)58(25-33-15-16-33)46(61)43(31(2)3)55(7)48(63)56(8)50(28-64-9)29-66-30-50/h12,14,17-18,20,22,26,31-33,40,43,54H,11,13,15-16,19,21,23-25,27-30H2,1-10H3/t32-,40-,43-,51-/m0/s1. The van der Waals surface area contributed by atoms with E-state index in [-0.39, 0.29) is 55.4 Å². The third-order valence-electron chi connectivity index (χ3n) is 14.5. The molecule has 16 nitrogen and oxygen atoms in total. The van der Waals surface area contributed by atoms with Gasteiger partial charge in [0.25, 0.3) is 5.91 Å². The summed E-state index contributed by atoms with van der Waals surface area (Å²) >= 11 is 1.45. The van der Waals surface area contributed by atoms with Crippen LogP contribution < -0.4 is 5.43 Å². The van der Waals surface area contributed by atoms with Crippen LogP contribution >= 0.6 is 11.3 Å². The van der Waals surface area contributed by atoms with Crippen molar-refractivity contribution >= 4 is 56.3 Å². The molecule has 4 aromatic rings. The molecule has 18 heteroatoms. The molecule has 3 aliphatic heterocycles. The highest BCUT2D eigenvalue weighted by Crippen LogP contribution is 2.42. The average molecular weight is 982 g/mol. The van der Waals surface area contributed by atoms with Crippen LogP contribution in [-0.4, -0.2) is 159 Å². The Kier molecular flexibility index (Phi) is 14.8. The highest BCUT2D eigenvalue weighted by Gasteiger charge is 2.49. The first kappa shape index (κ1) is 50.7. The van der Waals surface area contributed by atoms with Gasteiger partial charge in [-0.3, -0.25) is 24.4 Å². The van der Waals surface area contributed by atoms with E-state index >= 15 is 9.59 Å². The highest BCUT2D eigenvalue weighted by atomic mass is 32.1. The molecule has 6 heterocycles. The van der Waals surface area contributed by atoms with Gasteiger partial charge >= 0.3 is 12.0 Å². The third-order valence-corrected chi connectivity index (χ3v) is 15.9. The Labute approximate surface area is 413 Å². The lowest BCUT2D eigenvalue weighted by atomic mass is 9.84. The fourth-order valence-corrected chi connectivity index (χ4v) is 11.5. The number of fused-ring (bicyclic) bond motifs is 6. The number of urea groups is 1. The molecular weight excluding hydrogens is 913 g/mol. The van der Waals surface area contributed by atoms with Crippen LogP contribution in [0.4, 0.5) is 4.79 Å². The third kappa shape index (κ3) is 9.98. The monoisotopic (exact) mass is 981 g/mol. The Morgan fingerprint density at radius 3 is 2.49 bits per heavy atom. The van der Waals surface area contributed by atoms with Gasteiger partial charge in [0, 0.05) is 93.4 Å². The highest BCUT2D eigenvalue weighted by molar-refractivity contribution is 7.10. The molecule has 0 unspecified atom stereocenters. The molecule has 4 amide bonds. The van der Waals surface area contributed by atoms with Crippen molar-refractivity contribution in [2.24, 2.45) is 17.3 Å². The van der Waals surface area contributed by atoms with Gasteiger partial charge in [-0.25, -0.2) is 15.2 Å². The first-order chi connectivity index (χ1) is 32.9. The van der Waals surface area contributed by atoms with E-state index in [1.165, 1.54) is 21.2 Å². The van der Waals surface area contributed by atoms with Gasteiger partial charge in [0.15, 0.2) is 0 Å². The zero-order chi connectivity index (χ0) is 49.6. The van der Waals surface area contributed by atoms with Crippen molar-refractivity contribution in [1.82, 2.24) is 39.7 Å².